The zero-order valence-electron chi connectivity index (χ0n) is 7.25. The Bertz CT molecular complexity index is 480. The first-order chi connectivity index (χ1) is 6.81. The lowest BCUT2D eigenvalue weighted by atomic mass is 10.2. The van der Waals surface area contributed by atoms with Crippen LogP contribution in [0.4, 0.5) is 5.69 Å². The third-order valence-corrected chi connectivity index (χ3v) is 1.78. The maximum Gasteiger partial charge on any atom is 0.105 e. The normalized spacial score (nSPS) is 9.64. The van der Waals surface area contributed by atoms with Crippen molar-refractivity contribution in [3.8, 4) is 11.8 Å². The van der Waals surface area contributed by atoms with Crippen LogP contribution in [0.5, 0.6) is 0 Å². The molecule has 0 amide bonds. The first-order valence-corrected chi connectivity index (χ1v) is 3.97. The van der Waals surface area contributed by atoms with Crippen molar-refractivity contribution in [2.45, 2.75) is 0 Å². The molecule has 0 radical (unpaired) electrons. The lowest BCUT2D eigenvalue weighted by molar-refractivity contribution is 0.750. The number of hydrogen-bond donors (Lipinski definition) is 1. The highest BCUT2D eigenvalue weighted by Crippen LogP contribution is 2.15. The first kappa shape index (κ1) is 8.26. The van der Waals surface area contributed by atoms with Gasteiger partial charge in [0.2, 0.25) is 0 Å². The summed E-state index contributed by atoms with van der Waals surface area (Å²) in [5.74, 6) is 0. The van der Waals surface area contributed by atoms with E-state index >= 15 is 0 Å². The molecule has 0 saturated heterocycles. The van der Waals surface area contributed by atoms with Crippen LogP contribution >= 0.6 is 0 Å². The number of benzene rings is 1. The van der Waals surface area contributed by atoms with E-state index in [2.05, 4.69) is 16.3 Å². The molecule has 2 N–H and O–H groups in total. The van der Waals surface area contributed by atoms with E-state index < -0.39 is 0 Å². The van der Waals surface area contributed by atoms with Gasteiger partial charge in [0.05, 0.1) is 18.0 Å². The molecule has 68 valence electrons. The van der Waals surface area contributed by atoms with E-state index in [4.69, 9.17) is 11.0 Å². The molecule has 1 heterocycles. The van der Waals surface area contributed by atoms with Gasteiger partial charge in [-0.05, 0) is 18.2 Å². The summed E-state index contributed by atoms with van der Waals surface area (Å²) in [7, 11) is 0. The molecule has 0 fully saturated rings. The molecule has 0 saturated carbocycles. The molecule has 2 rings (SSSR count). The Morgan fingerprint density at radius 3 is 2.64 bits per heavy atom. The summed E-state index contributed by atoms with van der Waals surface area (Å²) in [5, 5.41) is 16.7. The molecular weight excluding hydrogens is 178 g/mol. The second-order valence-corrected chi connectivity index (χ2v) is 2.71. The van der Waals surface area contributed by atoms with E-state index in [1.54, 1.807) is 30.6 Å². The van der Waals surface area contributed by atoms with Gasteiger partial charge in [-0.3, -0.25) is 0 Å². The number of nitrogen functional groups attached to an aromatic ring is 1. The predicted molar refractivity (Wildman–Crippen MR) is 50.5 cm³/mol. The van der Waals surface area contributed by atoms with Crippen molar-refractivity contribution in [1.29, 1.82) is 5.26 Å². The van der Waals surface area contributed by atoms with Gasteiger partial charge in [0.25, 0.3) is 0 Å². The van der Waals surface area contributed by atoms with Crippen molar-refractivity contribution < 1.29 is 0 Å². The standard InChI is InChI=1S/C9H7N5/c10-6-7-1-2-8(11)5-9(7)14-12-3-4-13-14/h1-5H,11H2. The Kier molecular flexibility index (Phi) is 1.88. The fourth-order valence-corrected chi connectivity index (χ4v) is 1.15. The summed E-state index contributed by atoms with van der Waals surface area (Å²) >= 11 is 0. The van der Waals surface area contributed by atoms with Crippen LogP contribution in [0, 0.1) is 11.3 Å². The van der Waals surface area contributed by atoms with Crippen LogP contribution < -0.4 is 5.73 Å². The average Bonchev–Trinajstić information content (AvgIpc) is 2.70. The second kappa shape index (κ2) is 3.18. The van der Waals surface area contributed by atoms with Gasteiger partial charge in [-0.1, -0.05) is 0 Å². The Labute approximate surface area is 80.4 Å². The van der Waals surface area contributed by atoms with Gasteiger partial charge in [0.15, 0.2) is 0 Å². The average molecular weight is 185 g/mol. The summed E-state index contributed by atoms with van der Waals surface area (Å²) in [5.41, 5.74) is 7.28. The lowest BCUT2D eigenvalue weighted by Gasteiger charge is -2.02. The Morgan fingerprint density at radius 2 is 2.00 bits per heavy atom. The summed E-state index contributed by atoms with van der Waals surface area (Å²) in [6, 6.07) is 7.04. The van der Waals surface area contributed by atoms with Crippen LogP contribution in [-0.2, 0) is 0 Å². The van der Waals surface area contributed by atoms with Crippen LogP contribution in [0.15, 0.2) is 30.6 Å². The zero-order chi connectivity index (χ0) is 9.97. The van der Waals surface area contributed by atoms with Crippen LogP contribution in [0.2, 0.25) is 0 Å². The summed E-state index contributed by atoms with van der Waals surface area (Å²) in [6.45, 7) is 0. The number of anilines is 1. The fraction of sp³-hybridized carbons (Fsp3) is 0. The highest BCUT2D eigenvalue weighted by atomic mass is 15.5. The molecular formula is C9H7N5. The van der Waals surface area contributed by atoms with E-state index in [9.17, 15) is 0 Å². The molecule has 2 aromatic rings. The van der Waals surface area contributed by atoms with Crippen LogP contribution in [0.3, 0.4) is 0 Å². The number of rotatable bonds is 1. The zero-order valence-corrected chi connectivity index (χ0v) is 7.25. The smallest absolute Gasteiger partial charge is 0.105 e. The summed E-state index contributed by atoms with van der Waals surface area (Å²) in [4.78, 5) is 1.37. The molecule has 0 spiro atoms. The minimum atomic E-state index is 0.496. The van der Waals surface area contributed by atoms with Crippen molar-refractivity contribution in [3.63, 3.8) is 0 Å². The number of aromatic nitrogens is 3. The summed E-state index contributed by atoms with van der Waals surface area (Å²) < 4.78 is 0. The van der Waals surface area contributed by atoms with Gasteiger partial charge in [0.1, 0.15) is 11.8 Å². The van der Waals surface area contributed by atoms with Crippen LogP contribution in [0.25, 0.3) is 5.69 Å². The van der Waals surface area contributed by atoms with Crippen molar-refractivity contribution in [2.75, 3.05) is 5.73 Å². The Morgan fingerprint density at radius 1 is 1.29 bits per heavy atom. The van der Waals surface area contributed by atoms with Crippen molar-refractivity contribution in [1.82, 2.24) is 15.0 Å². The second-order valence-electron chi connectivity index (χ2n) is 2.71. The number of nitrogens with zero attached hydrogens (tertiary/aromatic N) is 4. The molecule has 1 aromatic heterocycles. The molecule has 0 unspecified atom stereocenters. The van der Waals surface area contributed by atoms with Crippen molar-refractivity contribution in [2.24, 2.45) is 0 Å². The monoisotopic (exact) mass is 185 g/mol. The number of hydrogen-bond acceptors (Lipinski definition) is 4. The Hall–Kier alpha value is -2.35. The molecule has 0 aliphatic heterocycles. The fourth-order valence-electron chi connectivity index (χ4n) is 1.15. The van der Waals surface area contributed by atoms with Gasteiger partial charge < -0.3 is 5.73 Å². The van der Waals surface area contributed by atoms with E-state index in [0.29, 0.717) is 16.9 Å². The third kappa shape index (κ3) is 1.29. The highest BCUT2D eigenvalue weighted by molar-refractivity contribution is 5.56. The minimum absolute atomic E-state index is 0.496. The predicted octanol–water partition coefficient (Wildman–Crippen LogP) is 0.721. The molecule has 1 aromatic carbocycles. The maximum absolute atomic E-state index is 8.85. The van der Waals surface area contributed by atoms with E-state index in [1.807, 2.05) is 0 Å². The van der Waals surface area contributed by atoms with E-state index in [-0.39, 0.29) is 0 Å². The molecule has 14 heavy (non-hydrogen) atoms. The van der Waals surface area contributed by atoms with Crippen molar-refractivity contribution in [3.05, 3.63) is 36.2 Å². The minimum Gasteiger partial charge on any atom is -0.399 e. The lowest BCUT2D eigenvalue weighted by Crippen LogP contribution is -2.02. The van der Waals surface area contributed by atoms with Gasteiger partial charge >= 0.3 is 0 Å². The molecule has 0 bridgehead atoms. The van der Waals surface area contributed by atoms with Crippen molar-refractivity contribution >= 4 is 5.69 Å². The largest absolute Gasteiger partial charge is 0.399 e. The third-order valence-electron chi connectivity index (χ3n) is 1.78. The van der Waals surface area contributed by atoms with Crippen LogP contribution in [-0.4, -0.2) is 15.0 Å². The van der Waals surface area contributed by atoms with Gasteiger partial charge in [-0.25, -0.2) is 0 Å². The molecule has 0 aliphatic rings. The van der Waals surface area contributed by atoms with Crippen LogP contribution in [0.1, 0.15) is 5.56 Å². The number of nitrogens with two attached hydrogens (primary N) is 1. The van der Waals surface area contributed by atoms with E-state index in [0.717, 1.165) is 0 Å². The van der Waals surface area contributed by atoms with Gasteiger partial charge in [-0.2, -0.15) is 20.3 Å². The molecule has 5 heteroatoms. The highest BCUT2D eigenvalue weighted by Gasteiger charge is 2.05. The number of nitriles is 1. The van der Waals surface area contributed by atoms with Gasteiger partial charge in [-0.15, -0.1) is 0 Å². The molecule has 0 atom stereocenters. The first-order valence-electron chi connectivity index (χ1n) is 3.97. The summed E-state index contributed by atoms with van der Waals surface area (Å²) in [6.07, 6.45) is 3.09. The molecule has 5 nitrogen and oxygen atoms in total. The van der Waals surface area contributed by atoms with Gasteiger partial charge in [0, 0.05) is 5.69 Å². The maximum atomic E-state index is 8.85. The topological polar surface area (TPSA) is 80.5 Å². The SMILES string of the molecule is N#Cc1ccc(N)cc1-n1nccn1. The quantitative estimate of drug-likeness (QED) is 0.664. The molecule has 0 aliphatic carbocycles. The van der Waals surface area contributed by atoms with E-state index in [1.165, 1.54) is 4.80 Å². The Balaban J connectivity index is 2.63.